The Morgan fingerprint density at radius 1 is 1.00 bits per heavy atom. The Morgan fingerprint density at radius 3 is 2.72 bits per heavy atom. The number of nitrogens with one attached hydrogen (secondary N) is 1. The molecule has 0 spiro atoms. The van der Waals surface area contributed by atoms with Crippen molar-refractivity contribution in [2.75, 3.05) is 0 Å². The molecule has 2 aromatic carbocycles. The predicted octanol–water partition coefficient (Wildman–Crippen LogP) is 4.58. The van der Waals surface area contributed by atoms with E-state index in [1.807, 2.05) is 0 Å². The van der Waals surface area contributed by atoms with Gasteiger partial charge in [-0.1, -0.05) is 22.0 Å². The number of aromatic nitrogens is 2. The van der Waals surface area contributed by atoms with Crippen molar-refractivity contribution in [1.82, 2.24) is 9.55 Å². The van der Waals surface area contributed by atoms with E-state index in [1.165, 1.54) is 32.6 Å². The lowest BCUT2D eigenvalue weighted by molar-refractivity contribution is 0.934. The molecule has 0 amide bonds. The van der Waals surface area contributed by atoms with Crippen molar-refractivity contribution in [1.29, 1.82) is 0 Å². The number of hydrogen-bond donors (Lipinski definition) is 1. The van der Waals surface area contributed by atoms with Crippen molar-refractivity contribution in [3.63, 3.8) is 0 Å². The summed E-state index contributed by atoms with van der Waals surface area (Å²) in [5.74, 6) is 0. The van der Waals surface area contributed by atoms with Crippen LogP contribution in [-0.4, -0.2) is 9.55 Å². The first-order valence-corrected chi connectivity index (χ1v) is 6.67. The molecule has 0 atom stereocenters. The highest BCUT2D eigenvalue weighted by atomic mass is 79.9. The Labute approximate surface area is 112 Å². The van der Waals surface area contributed by atoms with E-state index in [0.717, 1.165) is 4.47 Å². The number of aryl methyl sites for hydroxylation is 1. The Balaban J connectivity index is 2.34. The molecule has 2 heterocycles. The highest BCUT2D eigenvalue weighted by molar-refractivity contribution is 9.10. The van der Waals surface area contributed by atoms with Crippen LogP contribution in [0, 0.1) is 0 Å². The van der Waals surface area contributed by atoms with Crippen molar-refractivity contribution in [2.45, 2.75) is 0 Å². The van der Waals surface area contributed by atoms with Gasteiger partial charge in [0.2, 0.25) is 0 Å². The van der Waals surface area contributed by atoms with Gasteiger partial charge in [0.05, 0.1) is 0 Å². The van der Waals surface area contributed by atoms with Gasteiger partial charge in [-0.05, 0) is 24.3 Å². The fourth-order valence-corrected chi connectivity index (χ4v) is 3.08. The maximum atomic E-state index is 3.55. The van der Waals surface area contributed by atoms with Crippen molar-refractivity contribution >= 4 is 48.5 Å². The van der Waals surface area contributed by atoms with E-state index in [1.54, 1.807) is 0 Å². The van der Waals surface area contributed by atoms with Crippen molar-refractivity contribution in [2.24, 2.45) is 7.05 Å². The fourth-order valence-electron chi connectivity index (χ4n) is 2.72. The summed E-state index contributed by atoms with van der Waals surface area (Å²) in [5, 5.41) is 5.17. The van der Waals surface area contributed by atoms with E-state index < -0.39 is 0 Å². The maximum absolute atomic E-state index is 3.55. The molecule has 4 aromatic rings. The fraction of sp³-hybridized carbons (Fsp3) is 0.0667. The number of H-pyrrole nitrogens is 1. The lowest BCUT2D eigenvalue weighted by atomic mass is 10.1. The first-order valence-electron chi connectivity index (χ1n) is 5.88. The van der Waals surface area contributed by atoms with Gasteiger partial charge in [-0.2, -0.15) is 0 Å². The lowest BCUT2D eigenvalue weighted by Gasteiger charge is -1.95. The molecule has 0 aliphatic rings. The molecular formula is C15H11BrN2. The highest BCUT2D eigenvalue weighted by Gasteiger charge is 2.09. The smallest absolute Gasteiger partial charge is 0.0471 e. The van der Waals surface area contributed by atoms with Crippen LogP contribution in [0.15, 0.2) is 47.2 Å². The minimum Gasteiger partial charge on any atom is -0.356 e. The largest absolute Gasteiger partial charge is 0.356 e. The number of benzene rings is 2. The molecule has 0 saturated heterocycles. The summed E-state index contributed by atoms with van der Waals surface area (Å²) in [7, 11) is 2.07. The Morgan fingerprint density at radius 2 is 1.83 bits per heavy atom. The van der Waals surface area contributed by atoms with Gasteiger partial charge in [-0.25, -0.2) is 0 Å². The molecular weight excluding hydrogens is 288 g/mol. The molecule has 0 bridgehead atoms. The van der Waals surface area contributed by atoms with Crippen LogP contribution in [0.2, 0.25) is 0 Å². The second-order valence-corrected chi connectivity index (χ2v) is 5.65. The molecule has 0 unspecified atom stereocenters. The van der Waals surface area contributed by atoms with Crippen molar-refractivity contribution in [3.05, 3.63) is 47.2 Å². The number of hydrogen-bond acceptors (Lipinski definition) is 0. The monoisotopic (exact) mass is 298 g/mol. The summed E-state index contributed by atoms with van der Waals surface area (Å²) in [4.78, 5) is 3.48. The minimum absolute atomic E-state index is 1.11. The first kappa shape index (κ1) is 10.2. The summed E-state index contributed by atoms with van der Waals surface area (Å²) in [6, 6.07) is 10.7. The van der Waals surface area contributed by atoms with Crippen LogP contribution in [-0.2, 0) is 7.05 Å². The zero-order valence-corrected chi connectivity index (χ0v) is 11.5. The van der Waals surface area contributed by atoms with Gasteiger partial charge >= 0.3 is 0 Å². The first-order chi connectivity index (χ1) is 8.72. The molecule has 0 fully saturated rings. The van der Waals surface area contributed by atoms with E-state index in [-0.39, 0.29) is 0 Å². The van der Waals surface area contributed by atoms with E-state index in [0.29, 0.717) is 0 Å². The Kier molecular flexibility index (Phi) is 1.92. The average molecular weight is 299 g/mol. The SMILES string of the molecule is Cn1cc2ccc3[nH]c4ccc(Br)cc4c3c2c1. The molecule has 18 heavy (non-hydrogen) atoms. The van der Waals surface area contributed by atoms with Crippen molar-refractivity contribution in [3.8, 4) is 0 Å². The molecule has 0 saturated carbocycles. The van der Waals surface area contributed by atoms with E-state index in [4.69, 9.17) is 0 Å². The van der Waals surface area contributed by atoms with Crippen LogP contribution in [0.25, 0.3) is 32.6 Å². The van der Waals surface area contributed by atoms with E-state index >= 15 is 0 Å². The van der Waals surface area contributed by atoms with Gasteiger partial charge in [-0.3, -0.25) is 0 Å². The maximum Gasteiger partial charge on any atom is 0.0471 e. The standard InChI is InChI=1S/C15H11BrN2/c1-18-7-9-2-4-14-15(12(9)8-18)11-6-10(16)3-5-13(11)17-14/h2-8,17H,1H3. The number of fused-ring (bicyclic) bond motifs is 5. The van der Waals surface area contributed by atoms with Gasteiger partial charge in [0.15, 0.2) is 0 Å². The van der Waals surface area contributed by atoms with E-state index in [2.05, 4.69) is 75.3 Å². The highest BCUT2D eigenvalue weighted by Crippen LogP contribution is 2.33. The van der Waals surface area contributed by atoms with Crippen LogP contribution in [0.5, 0.6) is 0 Å². The van der Waals surface area contributed by atoms with Crippen LogP contribution >= 0.6 is 15.9 Å². The molecule has 4 rings (SSSR count). The normalized spacial score (nSPS) is 11.9. The van der Waals surface area contributed by atoms with Crippen LogP contribution in [0.4, 0.5) is 0 Å². The van der Waals surface area contributed by atoms with Crippen LogP contribution < -0.4 is 0 Å². The average Bonchev–Trinajstić information content (AvgIpc) is 2.87. The molecule has 1 N–H and O–H groups in total. The van der Waals surface area contributed by atoms with Crippen LogP contribution in [0.1, 0.15) is 0 Å². The molecule has 3 heteroatoms. The summed E-state index contributed by atoms with van der Waals surface area (Å²) in [6.07, 6.45) is 4.34. The van der Waals surface area contributed by atoms with Gasteiger partial charge < -0.3 is 9.55 Å². The topological polar surface area (TPSA) is 20.7 Å². The second kappa shape index (κ2) is 3.39. The number of nitrogens with zero attached hydrogens (tertiary/aromatic N) is 1. The minimum atomic E-state index is 1.11. The number of halogens is 1. The third-order valence-electron chi connectivity index (χ3n) is 3.47. The number of aromatic amines is 1. The molecule has 2 nitrogen and oxygen atoms in total. The van der Waals surface area contributed by atoms with Crippen LogP contribution in [0.3, 0.4) is 0 Å². The summed E-state index contributed by atoms with van der Waals surface area (Å²) < 4.78 is 3.23. The second-order valence-electron chi connectivity index (χ2n) is 4.73. The zero-order valence-electron chi connectivity index (χ0n) is 9.87. The third-order valence-corrected chi connectivity index (χ3v) is 3.97. The Hall–Kier alpha value is -1.74. The van der Waals surface area contributed by atoms with Gasteiger partial charge in [0, 0.05) is 56.5 Å². The molecule has 0 aliphatic carbocycles. The molecule has 0 aliphatic heterocycles. The number of rotatable bonds is 0. The lowest BCUT2D eigenvalue weighted by Crippen LogP contribution is -1.76. The summed E-state index contributed by atoms with van der Waals surface area (Å²) in [5.41, 5.74) is 2.38. The van der Waals surface area contributed by atoms with Gasteiger partial charge in [-0.15, -0.1) is 0 Å². The quantitative estimate of drug-likeness (QED) is 0.491. The van der Waals surface area contributed by atoms with Gasteiger partial charge in [0.25, 0.3) is 0 Å². The van der Waals surface area contributed by atoms with Gasteiger partial charge in [0.1, 0.15) is 0 Å². The van der Waals surface area contributed by atoms with Crippen molar-refractivity contribution < 1.29 is 0 Å². The summed E-state index contributed by atoms with van der Waals surface area (Å²) >= 11 is 3.55. The zero-order chi connectivity index (χ0) is 12.3. The third kappa shape index (κ3) is 1.28. The Bertz CT molecular complexity index is 899. The molecule has 0 radical (unpaired) electrons. The molecule has 2 aromatic heterocycles. The molecule has 88 valence electrons. The predicted molar refractivity (Wildman–Crippen MR) is 80.0 cm³/mol. The van der Waals surface area contributed by atoms with E-state index in [9.17, 15) is 0 Å². The summed E-state index contributed by atoms with van der Waals surface area (Å²) in [6.45, 7) is 0.